The number of hydrogen-bond acceptors (Lipinski definition) is 4. The van der Waals surface area contributed by atoms with Crippen LogP contribution in [0.1, 0.15) is 32.3 Å². The van der Waals surface area contributed by atoms with Gasteiger partial charge in [0.15, 0.2) is 5.78 Å². The molecule has 86 valence electrons. The largest absolute Gasteiger partial charge is 0.291 e. The first-order valence-corrected chi connectivity index (χ1v) is 7.01. The Kier molecular flexibility index (Phi) is 3.72. The summed E-state index contributed by atoms with van der Waals surface area (Å²) in [4.78, 5) is 14.9. The van der Waals surface area contributed by atoms with Gasteiger partial charge in [-0.05, 0) is 30.0 Å². The van der Waals surface area contributed by atoms with Gasteiger partial charge in [-0.25, -0.2) is 0 Å². The maximum atomic E-state index is 12.2. The topological polar surface area (TPSA) is 40.9 Å². The van der Waals surface area contributed by atoms with E-state index in [1.54, 1.807) is 0 Å². The van der Waals surface area contributed by atoms with Gasteiger partial charge in [-0.15, -0.1) is 22.7 Å². The van der Waals surface area contributed by atoms with E-state index in [0.29, 0.717) is 4.88 Å². The lowest BCUT2D eigenvalue weighted by molar-refractivity contribution is 0.0984. The van der Waals surface area contributed by atoms with Crippen molar-refractivity contribution in [2.45, 2.75) is 19.3 Å². The number of nitriles is 1. The van der Waals surface area contributed by atoms with E-state index in [1.165, 1.54) is 27.6 Å². The number of Topliss-reactive ketones (excluding diaryl/α,β-unsaturated/α-hetero) is 1. The van der Waals surface area contributed by atoms with Crippen molar-refractivity contribution < 1.29 is 4.79 Å². The summed E-state index contributed by atoms with van der Waals surface area (Å²) in [5.74, 6) is -0.738. The molecular formula is C13H11NOS2. The van der Waals surface area contributed by atoms with Gasteiger partial charge in [-0.2, -0.15) is 5.26 Å². The first kappa shape index (κ1) is 12.0. The molecule has 1 atom stereocenters. The highest BCUT2D eigenvalue weighted by Gasteiger charge is 2.23. The Morgan fingerprint density at radius 3 is 2.82 bits per heavy atom. The van der Waals surface area contributed by atoms with Crippen LogP contribution < -0.4 is 0 Å². The van der Waals surface area contributed by atoms with Gasteiger partial charge in [-0.1, -0.05) is 13.0 Å². The van der Waals surface area contributed by atoms with Gasteiger partial charge in [0.05, 0.1) is 10.9 Å². The summed E-state index contributed by atoms with van der Waals surface area (Å²) in [5.41, 5.74) is 0. The van der Waals surface area contributed by atoms with E-state index in [2.05, 4.69) is 13.0 Å². The van der Waals surface area contributed by atoms with Crippen LogP contribution in [0.2, 0.25) is 0 Å². The zero-order valence-corrected chi connectivity index (χ0v) is 11.0. The van der Waals surface area contributed by atoms with Gasteiger partial charge in [0, 0.05) is 9.75 Å². The molecule has 1 unspecified atom stereocenters. The highest BCUT2D eigenvalue weighted by molar-refractivity contribution is 7.14. The molecule has 0 bridgehead atoms. The molecule has 0 aliphatic carbocycles. The fraction of sp³-hybridized carbons (Fsp3) is 0.231. The quantitative estimate of drug-likeness (QED) is 0.784. The predicted octanol–water partition coefficient (Wildman–Crippen LogP) is 3.86. The number of rotatable bonds is 4. The van der Waals surface area contributed by atoms with E-state index in [1.807, 2.05) is 29.6 Å². The van der Waals surface area contributed by atoms with Gasteiger partial charge in [0.1, 0.15) is 5.92 Å². The van der Waals surface area contributed by atoms with Crippen LogP contribution in [0.5, 0.6) is 0 Å². The predicted molar refractivity (Wildman–Crippen MR) is 70.7 cm³/mol. The van der Waals surface area contributed by atoms with Crippen molar-refractivity contribution in [2.24, 2.45) is 0 Å². The molecular weight excluding hydrogens is 250 g/mol. The van der Waals surface area contributed by atoms with Crippen molar-refractivity contribution in [1.29, 1.82) is 5.26 Å². The Morgan fingerprint density at radius 2 is 2.29 bits per heavy atom. The minimum Gasteiger partial charge on any atom is -0.291 e. The third-order valence-electron chi connectivity index (χ3n) is 2.47. The Morgan fingerprint density at radius 1 is 1.47 bits per heavy atom. The Balaban J connectivity index is 2.27. The number of carbonyl (C=O) groups is 1. The molecule has 0 aromatic carbocycles. The van der Waals surface area contributed by atoms with Crippen LogP contribution in [0.15, 0.2) is 29.6 Å². The first-order chi connectivity index (χ1) is 8.26. The van der Waals surface area contributed by atoms with Crippen molar-refractivity contribution >= 4 is 28.5 Å². The molecule has 2 heterocycles. The molecule has 0 radical (unpaired) electrons. The lowest BCUT2D eigenvalue weighted by atomic mass is 10.0. The zero-order valence-electron chi connectivity index (χ0n) is 9.34. The van der Waals surface area contributed by atoms with Crippen molar-refractivity contribution in [2.75, 3.05) is 0 Å². The maximum absolute atomic E-state index is 12.2. The maximum Gasteiger partial charge on any atom is 0.195 e. The average Bonchev–Trinajstić information content (AvgIpc) is 3.00. The summed E-state index contributed by atoms with van der Waals surface area (Å²) in [6, 6.07) is 9.58. The lowest BCUT2D eigenvalue weighted by Gasteiger charge is -2.03. The van der Waals surface area contributed by atoms with Crippen LogP contribution in [-0.2, 0) is 6.42 Å². The monoisotopic (exact) mass is 261 g/mol. The zero-order chi connectivity index (χ0) is 12.3. The smallest absolute Gasteiger partial charge is 0.195 e. The highest BCUT2D eigenvalue weighted by Crippen LogP contribution is 2.27. The van der Waals surface area contributed by atoms with Crippen LogP contribution in [0, 0.1) is 11.3 Å². The van der Waals surface area contributed by atoms with Crippen molar-refractivity contribution in [3.8, 4) is 6.07 Å². The third kappa shape index (κ3) is 2.46. The Hall–Kier alpha value is -1.44. The Labute approximate surface area is 108 Å². The van der Waals surface area contributed by atoms with Crippen LogP contribution >= 0.6 is 22.7 Å². The number of thiophene rings is 2. The van der Waals surface area contributed by atoms with E-state index in [-0.39, 0.29) is 5.78 Å². The second-order valence-electron chi connectivity index (χ2n) is 3.56. The van der Waals surface area contributed by atoms with E-state index < -0.39 is 5.92 Å². The van der Waals surface area contributed by atoms with Gasteiger partial charge >= 0.3 is 0 Å². The summed E-state index contributed by atoms with van der Waals surface area (Å²) in [5, 5.41) is 11.0. The second-order valence-corrected chi connectivity index (χ2v) is 5.71. The highest BCUT2D eigenvalue weighted by atomic mass is 32.1. The fourth-order valence-corrected chi connectivity index (χ4v) is 3.23. The van der Waals surface area contributed by atoms with E-state index in [4.69, 9.17) is 5.26 Å². The van der Waals surface area contributed by atoms with Gasteiger partial charge < -0.3 is 0 Å². The molecule has 0 spiro atoms. The molecule has 2 nitrogen and oxygen atoms in total. The van der Waals surface area contributed by atoms with Crippen LogP contribution in [0.4, 0.5) is 0 Å². The number of carbonyl (C=O) groups excluding carboxylic acids is 1. The summed E-state index contributed by atoms with van der Waals surface area (Å²) in [7, 11) is 0. The molecule has 0 saturated heterocycles. The molecule has 2 aromatic heterocycles. The summed E-state index contributed by atoms with van der Waals surface area (Å²) >= 11 is 2.94. The second kappa shape index (κ2) is 5.26. The van der Waals surface area contributed by atoms with Gasteiger partial charge in [0.25, 0.3) is 0 Å². The third-order valence-corrected chi connectivity index (χ3v) is 4.65. The number of ketones is 1. The number of nitrogens with zero attached hydrogens (tertiary/aromatic N) is 1. The van der Waals surface area contributed by atoms with E-state index >= 15 is 0 Å². The van der Waals surface area contributed by atoms with Crippen molar-refractivity contribution in [1.82, 2.24) is 0 Å². The molecule has 0 amide bonds. The van der Waals surface area contributed by atoms with Crippen LogP contribution in [0.3, 0.4) is 0 Å². The molecule has 0 aliphatic heterocycles. The summed E-state index contributed by atoms with van der Waals surface area (Å²) in [6.45, 7) is 2.06. The Bertz CT molecular complexity index is 548. The minimum atomic E-state index is -0.654. The summed E-state index contributed by atoms with van der Waals surface area (Å²) in [6.07, 6.45) is 0.925. The van der Waals surface area contributed by atoms with Crippen molar-refractivity contribution in [3.05, 3.63) is 44.3 Å². The van der Waals surface area contributed by atoms with Crippen LogP contribution in [-0.4, -0.2) is 5.78 Å². The van der Waals surface area contributed by atoms with Gasteiger partial charge in [0.2, 0.25) is 0 Å². The molecule has 0 aliphatic rings. The first-order valence-electron chi connectivity index (χ1n) is 5.32. The van der Waals surface area contributed by atoms with E-state index in [9.17, 15) is 4.79 Å². The van der Waals surface area contributed by atoms with Crippen LogP contribution in [0.25, 0.3) is 0 Å². The normalized spacial score (nSPS) is 12.0. The standard InChI is InChI=1S/C13H11NOS2/c1-2-9-5-6-12(17-9)13(15)10(8-14)11-4-3-7-16-11/h3-7,10H,2H2,1H3. The van der Waals surface area contributed by atoms with E-state index in [0.717, 1.165) is 11.3 Å². The van der Waals surface area contributed by atoms with Gasteiger partial charge in [-0.3, -0.25) is 4.79 Å². The molecule has 4 heteroatoms. The lowest BCUT2D eigenvalue weighted by Crippen LogP contribution is -2.08. The summed E-state index contributed by atoms with van der Waals surface area (Å²) < 4.78 is 0. The van der Waals surface area contributed by atoms with Crippen molar-refractivity contribution in [3.63, 3.8) is 0 Å². The molecule has 17 heavy (non-hydrogen) atoms. The SMILES string of the molecule is CCc1ccc(C(=O)C(C#N)c2cccs2)s1. The number of hydrogen-bond donors (Lipinski definition) is 0. The molecule has 2 rings (SSSR count). The molecule has 0 N–H and O–H groups in total. The molecule has 0 fully saturated rings. The molecule has 0 saturated carbocycles. The number of aryl methyl sites for hydroxylation is 1. The fourth-order valence-electron chi connectivity index (χ4n) is 1.55. The average molecular weight is 261 g/mol. The molecule has 2 aromatic rings. The minimum absolute atomic E-state index is 0.0837.